The molecule has 1 saturated carbocycles. The van der Waals surface area contributed by atoms with Crippen molar-refractivity contribution < 1.29 is 9.90 Å². The molecule has 0 aromatic heterocycles. The van der Waals surface area contributed by atoms with Gasteiger partial charge in [0.05, 0.1) is 11.5 Å². The predicted octanol–water partition coefficient (Wildman–Crippen LogP) is 2.09. The number of hydrogen-bond donors (Lipinski definition) is 2. The monoisotopic (exact) mass is 221 g/mol. The summed E-state index contributed by atoms with van der Waals surface area (Å²) in [5.74, 6) is -1.07. The van der Waals surface area contributed by atoms with E-state index in [0.29, 0.717) is 5.92 Å². The van der Waals surface area contributed by atoms with Crippen LogP contribution in [0.25, 0.3) is 0 Å². The summed E-state index contributed by atoms with van der Waals surface area (Å²) in [5, 5.41) is 9.24. The maximum absolute atomic E-state index is 11.2. The lowest BCUT2D eigenvalue weighted by atomic mass is 9.67. The lowest BCUT2D eigenvalue weighted by Crippen LogP contribution is -2.55. The van der Waals surface area contributed by atoms with Crippen molar-refractivity contribution in [2.75, 3.05) is 0 Å². The van der Waals surface area contributed by atoms with E-state index < -0.39 is 17.4 Å². The molecule has 0 heterocycles. The number of aliphatic carboxylic acids is 1. The average molecular weight is 221 g/mol. The molecule has 3 N–H and O–H groups in total. The molecule has 2 atom stereocenters. The highest BCUT2D eigenvalue weighted by atomic mass is 16.4. The molecule has 3 heteroatoms. The van der Waals surface area contributed by atoms with Gasteiger partial charge in [0.25, 0.3) is 0 Å². The maximum atomic E-state index is 11.2. The van der Waals surface area contributed by atoms with Gasteiger partial charge in [0, 0.05) is 0 Å². The van der Waals surface area contributed by atoms with Crippen molar-refractivity contribution in [2.45, 2.75) is 37.6 Å². The van der Waals surface area contributed by atoms with E-state index in [0.717, 1.165) is 12.8 Å². The molecule has 2 aliphatic rings. The second-order valence-corrected chi connectivity index (χ2v) is 4.89. The van der Waals surface area contributed by atoms with Crippen LogP contribution in [0.15, 0.2) is 24.3 Å². The molecule has 1 fully saturated rings. The van der Waals surface area contributed by atoms with Crippen molar-refractivity contribution in [1.29, 1.82) is 0 Å². The third kappa shape index (κ3) is 1.92. The van der Waals surface area contributed by atoms with Gasteiger partial charge in [0.2, 0.25) is 0 Å². The molecule has 2 unspecified atom stereocenters. The van der Waals surface area contributed by atoms with Crippen LogP contribution in [-0.4, -0.2) is 16.6 Å². The Morgan fingerprint density at radius 3 is 2.56 bits per heavy atom. The molecule has 0 spiro atoms. The zero-order valence-electron chi connectivity index (χ0n) is 9.43. The fraction of sp³-hybridized carbons (Fsp3) is 0.615. The van der Waals surface area contributed by atoms with Gasteiger partial charge in [-0.25, -0.2) is 0 Å². The Kier molecular flexibility index (Phi) is 3.15. The van der Waals surface area contributed by atoms with E-state index in [1.165, 1.54) is 19.3 Å². The molecule has 0 aliphatic heterocycles. The Balaban J connectivity index is 2.22. The highest BCUT2D eigenvalue weighted by Gasteiger charge is 2.43. The van der Waals surface area contributed by atoms with E-state index in [9.17, 15) is 9.90 Å². The fourth-order valence-corrected chi connectivity index (χ4v) is 2.96. The third-order valence-corrected chi connectivity index (χ3v) is 3.92. The summed E-state index contributed by atoms with van der Waals surface area (Å²) in [6, 6.07) is 0. The lowest BCUT2D eigenvalue weighted by Gasteiger charge is -2.41. The zero-order valence-corrected chi connectivity index (χ0v) is 9.43. The van der Waals surface area contributed by atoms with E-state index in [-0.39, 0.29) is 0 Å². The zero-order chi connectivity index (χ0) is 11.6. The van der Waals surface area contributed by atoms with Crippen molar-refractivity contribution >= 4 is 5.97 Å². The smallest absolute Gasteiger partial charge is 0.312 e. The van der Waals surface area contributed by atoms with E-state index in [2.05, 4.69) is 0 Å². The first-order valence-electron chi connectivity index (χ1n) is 6.02. The second-order valence-electron chi connectivity index (χ2n) is 4.89. The van der Waals surface area contributed by atoms with Crippen LogP contribution in [0.1, 0.15) is 32.1 Å². The van der Waals surface area contributed by atoms with Crippen LogP contribution in [0.4, 0.5) is 0 Å². The predicted molar refractivity (Wildman–Crippen MR) is 62.9 cm³/mol. The molecule has 0 amide bonds. The molecular weight excluding hydrogens is 202 g/mol. The van der Waals surface area contributed by atoms with Gasteiger partial charge < -0.3 is 10.8 Å². The first-order valence-corrected chi connectivity index (χ1v) is 6.02. The Bertz CT molecular complexity index is 329. The van der Waals surface area contributed by atoms with Gasteiger partial charge in [-0.2, -0.15) is 0 Å². The van der Waals surface area contributed by atoms with Crippen LogP contribution in [0, 0.1) is 11.8 Å². The maximum Gasteiger partial charge on any atom is 0.312 e. The largest absolute Gasteiger partial charge is 0.481 e. The minimum Gasteiger partial charge on any atom is -0.481 e. The van der Waals surface area contributed by atoms with Gasteiger partial charge in [-0.1, -0.05) is 43.6 Å². The Hall–Kier alpha value is -1.09. The minimum atomic E-state index is -0.811. The molecule has 3 nitrogen and oxygen atoms in total. The van der Waals surface area contributed by atoms with Crippen molar-refractivity contribution in [3.05, 3.63) is 24.3 Å². The highest BCUT2D eigenvalue weighted by molar-refractivity contribution is 5.75. The molecular formula is C13H19NO2. The van der Waals surface area contributed by atoms with E-state index in [1.807, 2.05) is 12.2 Å². The number of rotatable bonds is 2. The summed E-state index contributed by atoms with van der Waals surface area (Å²) in [4.78, 5) is 11.2. The third-order valence-electron chi connectivity index (χ3n) is 3.92. The summed E-state index contributed by atoms with van der Waals surface area (Å²) in [7, 11) is 0. The van der Waals surface area contributed by atoms with Crippen molar-refractivity contribution in [3.63, 3.8) is 0 Å². The molecule has 0 radical (unpaired) electrons. The first-order chi connectivity index (χ1) is 7.64. The number of carbonyl (C=O) groups is 1. The second kappa shape index (κ2) is 4.42. The number of carboxylic acid groups (broad SMARTS) is 1. The number of nitrogens with two attached hydrogens (primary N) is 1. The summed E-state index contributed by atoms with van der Waals surface area (Å²) in [6.45, 7) is 0. The van der Waals surface area contributed by atoms with Gasteiger partial charge in [-0.3, -0.25) is 4.79 Å². The number of allylic oxidation sites excluding steroid dienone is 2. The number of carboxylic acids is 1. The topological polar surface area (TPSA) is 63.3 Å². The van der Waals surface area contributed by atoms with Crippen molar-refractivity contribution in [3.8, 4) is 0 Å². The first kappa shape index (κ1) is 11.4. The highest BCUT2D eigenvalue weighted by Crippen LogP contribution is 2.38. The van der Waals surface area contributed by atoms with E-state index >= 15 is 0 Å². The summed E-state index contributed by atoms with van der Waals surface area (Å²) >= 11 is 0. The van der Waals surface area contributed by atoms with E-state index in [1.54, 1.807) is 12.2 Å². The van der Waals surface area contributed by atoms with Crippen molar-refractivity contribution in [1.82, 2.24) is 0 Å². The van der Waals surface area contributed by atoms with Crippen LogP contribution in [0.2, 0.25) is 0 Å². The molecule has 0 saturated heterocycles. The van der Waals surface area contributed by atoms with Crippen molar-refractivity contribution in [2.24, 2.45) is 17.6 Å². The molecule has 16 heavy (non-hydrogen) atoms. The Morgan fingerprint density at radius 1 is 1.25 bits per heavy atom. The molecule has 2 aliphatic carbocycles. The van der Waals surface area contributed by atoms with Crippen LogP contribution in [0.5, 0.6) is 0 Å². The Labute approximate surface area is 96.0 Å². The van der Waals surface area contributed by atoms with Crippen LogP contribution in [0.3, 0.4) is 0 Å². The Morgan fingerprint density at radius 2 is 1.94 bits per heavy atom. The standard InChI is InChI=1S/C13H19NO2/c14-13(10-6-2-1-3-7-10)9-5-4-8-11(13)12(15)16/h4-5,8-11H,1-3,6-7,14H2,(H,15,16). The van der Waals surface area contributed by atoms with Crippen LogP contribution < -0.4 is 5.73 Å². The summed E-state index contributed by atoms with van der Waals surface area (Å²) in [5.41, 5.74) is 5.68. The van der Waals surface area contributed by atoms with Gasteiger partial charge >= 0.3 is 5.97 Å². The number of hydrogen-bond acceptors (Lipinski definition) is 2. The molecule has 2 rings (SSSR count). The van der Waals surface area contributed by atoms with Crippen LogP contribution >= 0.6 is 0 Å². The van der Waals surface area contributed by atoms with Crippen LogP contribution in [-0.2, 0) is 4.79 Å². The van der Waals surface area contributed by atoms with Gasteiger partial charge in [0.1, 0.15) is 0 Å². The molecule has 0 aromatic rings. The summed E-state index contributed by atoms with van der Waals surface area (Å²) < 4.78 is 0. The van der Waals surface area contributed by atoms with Gasteiger partial charge in [0.15, 0.2) is 0 Å². The minimum absolute atomic E-state index is 0.309. The van der Waals surface area contributed by atoms with Gasteiger partial charge in [-0.15, -0.1) is 0 Å². The fourth-order valence-electron chi connectivity index (χ4n) is 2.96. The van der Waals surface area contributed by atoms with Gasteiger partial charge in [-0.05, 0) is 18.8 Å². The molecule has 0 aromatic carbocycles. The van der Waals surface area contributed by atoms with E-state index in [4.69, 9.17) is 5.73 Å². The summed E-state index contributed by atoms with van der Waals surface area (Å²) in [6.07, 6.45) is 13.0. The normalized spacial score (nSPS) is 35.2. The molecule has 88 valence electrons. The average Bonchev–Trinajstić information content (AvgIpc) is 2.30. The lowest BCUT2D eigenvalue weighted by molar-refractivity contribution is -0.142. The molecule has 0 bridgehead atoms. The SMILES string of the molecule is NC1(C2CCCCC2)C=CC=CC1C(=O)O. The quantitative estimate of drug-likeness (QED) is 0.750.